The van der Waals surface area contributed by atoms with E-state index in [4.69, 9.17) is 4.74 Å². The second-order valence-electron chi connectivity index (χ2n) is 5.36. The predicted octanol–water partition coefficient (Wildman–Crippen LogP) is 3.75. The van der Waals surface area contributed by atoms with Gasteiger partial charge >= 0.3 is 0 Å². The van der Waals surface area contributed by atoms with Crippen LogP contribution in [-0.4, -0.2) is 13.0 Å². The standard InChI is InChI=1S/C18H19NO2/c1-21-15-11-9-14(10-12-15)19-18(20)17-8-4-6-13-5-2-3-7-16(13)17/h2-3,5,7,9-12,17H,4,6,8H2,1H3,(H,19,20). The number of rotatable bonds is 3. The zero-order valence-corrected chi connectivity index (χ0v) is 12.1. The molecule has 3 rings (SSSR count). The van der Waals surface area contributed by atoms with Crippen LogP contribution in [0.4, 0.5) is 5.69 Å². The molecule has 1 aliphatic carbocycles. The summed E-state index contributed by atoms with van der Waals surface area (Å²) in [6.07, 6.45) is 3.05. The van der Waals surface area contributed by atoms with Crippen molar-refractivity contribution >= 4 is 11.6 Å². The SMILES string of the molecule is COc1ccc(NC(=O)C2CCCc3ccccc32)cc1. The largest absolute Gasteiger partial charge is 0.497 e. The molecule has 1 aliphatic rings. The molecule has 0 spiro atoms. The van der Waals surface area contributed by atoms with Crippen LogP contribution in [-0.2, 0) is 11.2 Å². The fourth-order valence-corrected chi connectivity index (χ4v) is 2.93. The Kier molecular flexibility index (Phi) is 3.91. The summed E-state index contributed by atoms with van der Waals surface area (Å²) in [4.78, 5) is 12.5. The molecule has 0 saturated heterocycles. The van der Waals surface area contributed by atoms with Gasteiger partial charge in [0, 0.05) is 5.69 Å². The minimum absolute atomic E-state index is 0.0444. The number of nitrogens with one attached hydrogen (secondary N) is 1. The molecular weight excluding hydrogens is 262 g/mol. The maximum atomic E-state index is 12.5. The lowest BCUT2D eigenvalue weighted by molar-refractivity contribution is -0.117. The van der Waals surface area contributed by atoms with E-state index in [1.807, 2.05) is 36.4 Å². The molecule has 0 fully saturated rings. The number of amides is 1. The van der Waals surface area contributed by atoms with Gasteiger partial charge in [-0.05, 0) is 54.7 Å². The summed E-state index contributed by atoms with van der Waals surface area (Å²) in [6.45, 7) is 0. The first-order valence-electron chi connectivity index (χ1n) is 7.30. The van der Waals surface area contributed by atoms with Gasteiger partial charge in [-0.1, -0.05) is 24.3 Å². The van der Waals surface area contributed by atoms with Gasteiger partial charge in [-0.15, -0.1) is 0 Å². The smallest absolute Gasteiger partial charge is 0.231 e. The molecule has 108 valence electrons. The highest BCUT2D eigenvalue weighted by molar-refractivity contribution is 5.96. The highest BCUT2D eigenvalue weighted by atomic mass is 16.5. The Balaban J connectivity index is 1.76. The highest BCUT2D eigenvalue weighted by Gasteiger charge is 2.26. The molecule has 0 bridgehead atoms. The molecule has 3 nitrogen and oxygen atoms in total. The molecule has 2 aromatic carbocycles. The van der Waals surface area contributed by atoms with E-state index >= 15 is 0 Å². The Morgan fingerprint density at radius 3 is 2.67 bits per heavy atom. The molecule has 0 heterocycles. The quantitative estimate of drug-likeness (QED) is 0.930. The summed E-state index contributed by atoms with van der Waals surface area (Å²) in [7, 11) is 1.63. The van der Waals surface area contributed by atoms with Crippen LogP contribution in [0.1, 0.15) is 29.9 Å². The van der Waals surface area contributed by atoms with Crippen LogP contribution in [0.15, 0.2) is 48.5 Å². The van der Waals surface area contributed by atoms with Gasteiger partial charge in [-0.2, -0.15) is 0 Å². The first-order valence-corrected chi connectivity index (χ1v) is 7.30. The molecule has 1 atom stereocenters. The van der Waals surface area contributed by atoms with Crippen molar-refractivity contribution in [2.75, 3.05) is 12.4 Å². The zero-order valence-electron chi connectivity index (χ0n) is 12.1. The molecule has 1 amide bonds. The van der Waals surface area contributed by atoms with Crippen LogP contribution in [0.5, 0.6) is 5.75 Å². The molecule has 21 heavy (non-hydrogen) atoms. The fourth-order valence-electron chi connectivity index (χ4n) is 2.93. The third-order valence-corrected chi connectivity index (χ3v) is 4.04. The van der Waals surface area contributed by atoms with E-state index in [-0.39, 0.29) is 11.8 Å². The Hall–Kier alpha value is -2.29. The number of anilines is 1. The molecular formula is C18H19NO2. The lowest BCUT2D eigenvalue weighted by Crippen LogP contribution is -2.24. The maximum Gasteiger partial charge on any atom is 0.231 e. The summed E-state index contributed by atoms with van der Waals surface area (Å²) < 4.78 is 5.12. The highest BCUT2D eigenvalue weighted by Crippen LogP contribution is 2.32. The average molecular weight is 281 g/mol. The predicted molar refractivity (Wildman–Crippen MR) is 83.7 cm³/mol. The van der Waals surface area contributed by atoms with Crippen molar-refractivity contribution in [2.24, 2.45) is 0 Å². The molecule has 0 radical (unpaired) electrons. The number of hydrogen-bond donors (Lipinski definition) is 1. The van der Waals surface area contributed by atoms with Crippen molar-refractivity contribution in [3.05, 3.63) is 59.7 Å². The van der Waals surface area contributed by atoms with Gasteiger partial charge in [0.2, 0.25) is 5.91 Å². The first kappa shape index (κ1) is 13.7. The second-order valence-corrected chi connectivity index (χ2v) is 5.36. The van der Waals surface area contributed by atoms with Gasteiger partial charge in [0.05, 0.1) is 13.0 Å². The minimum Gasteiger partial charge on any atom is -0.497 e. The fraction of sp³-hybridized carbons (Fsp3) is 0.278. The molecule has 1 unspecified atom stereocenters. The van der Waals surface area contributed by atoms with Crippen LogP contribution in [0.3, 0.4) is 0 Å². The van der Waals surface area contributed by atoms with E-state index in [0.29, 0.717) is 0 Å². The Labute approximate surface area is 124 Å². The van der Waals surface area contributed by atoms with E-state index < -0.39 is 0 Å². The van der Waals surface area contributed by atoms with Crippen LogP contribution < -0.4 is 10.1 Å². The van der Waals surface area contributed by atoms with Gasteiger partial charge in [0.25, 0.3) is 0 Å². The number of fused-ring (bicyclic) bond motifs is 1. The van der Waals surface area contributed by atoms with Gasteiger partial charge in [0.1, 0.15) is 5.75 Å². The number of carbonyl (C=O) groups is 1. The van der Waals surface area contributed by atoms with Crippen molar-refractivity contribution in [1.29, 1.82) is 0 Å². The minimum atomic E-state index is -0.0444. The summed E-state index contributed by atoms with van der Waals surface area (Å²) in [5.74, 6) is 0.820. The summed E-state index contributed by atoms with van der Waals surface area (Å²) in [5.41, 5.74) is 3.29. The van der Waals surface area contributed by atoms with E-state index in [9.17, 15) is 4.79 Å². The van der Waals surface area contributed by atoms with Crippen LogP contribution in [0, 0.1) is 0 Å². The van der Waals surface area contributed by atoms with Crippen LogP contribution in [0.2, 0.25) is 0 Å². The second kappa shape index (κ2) is 6.00. The third kappa shape index (κ3) is 2.92. The van der Waals surface area contributed by atoms with Crippen molar-refractivity contribution in [1.82, 2.24) is 0 Å². The van der Waals surface area contributed by atoms with Gasteiger partial charge in [-0.3, -0.25) is 4.79 Å². The van der Waals surface area contributed by atoms with Gasteiger partial charge in [-0.25, -0.2) is 0 Å². The van der Waals surface area contributed by atoms with E-state index in [2.05, 4.69) is 17.4 Å². The number of ether oxygens (including phenoxy) is 1. The first-order chi connectivity index (χ1) is 10.3. The van der Waals surface area contributed by atoms with Gasteiger partial charge in [0.15, 0.2) is 0 Å². The Morgan fingerprint density at radius 1 is 1.14 bits per heavy atom. The molecule has 0 aliphatic heterocycles. The number of hydrogen-bond acceptors (Lipinski definition) is 2. The molecule has 0 aromatic heterocycles. The van der Waals surface area contributed by atoms with Gasteiger partial charge < -0.3 is 10.1 Å². The summed E-state index contributed by atoms with van der Waals surface area (Å²) in [5, 5.41) is 3.01. The monoisotopic (exact) mass is 281 g/mol. The molecule has 3 heteroatoms. The van der Waals surface area contributed by atoms with E-state index in [0.717, 1.165) is 30.7 Å². The van der Waals surface area contributed by atoms with Crippen molar-refractivity contribution < 1.29 is 9.53 Å². The summed E-state index contributed by atoms with van der Waals surface area (Å²) in [6, 6.07) is 15.7. The third-order valence-electron chi connectivity index (χ3n) is 4.04. The van der Waals surface area contributed by atoms with Crippen molar-refractivity contribution in [2.45, 2.75) is 25.2 Å². The number of aryl methyl sites for hydroxylation is 1. The van der Waals surface area contributed by atoms with E-state index in [1.165, 1.54) is 11.1 Å². The van der Waals surface area contributed by atoms with E-state index in [1.54, 1.807) is 7.11 Å². The Morgan fingerprint density at radius 2 is 1.90 bits per heavy atom. The van der Waals surface area contributed by atoms with Crippen molar-refractivity contribution in [3.63, 3.8) is 0 Å². The van der Waals surface area contributed by atoms with Crippen LogP contribution >= 0.6 is 0 Å². The maximum absolute atomic E-state index is 12.5. The topological polar surface area (TPSA) is 38.3 Å². The summed E-state index contributed by atoms with van der Waals surface area (Å²) >= 11 is 0. The molecule has 1 N–H and O–H groups in total. The van der Waals surface area contributed by atoms with Crippen LogP contribution in [0.25, 0.3) is 0 Å². The number of methoxy groups -OCH3 is 1. The number of carbonyl (C=O) groups excluding carboxylic acids is 1. The lowest BCUT2D eigenvalue weighted by Gasteiger charge is -2.24. The molecule has 2 aromatic rings. The Bertz CT molecular complexity index is 634. The normalized spacial score (nSPS) is 16.9. The van der Waals surface area contributed by atoms with Crippen molar-refractivity contribution in [3.8, 4) is 5.75 Å². The lowest BCUT2D eigenvalue weighted by atomic mass is 9.82. The number of benzene rings is 2. The zero-order chi connectivity index (χ0) is 14.7. The average Bonchev–Trinajstić information content (AvgIpc) is 2.55. The molecule has 0 saturated carbocycles.